The van der Waals surface area contributed by atoms with Gasteiger partial charge >= 0.3 is 0 Å². The van der Waals surface area contributed by atoms with Gasteiger partial charge in [0.2, 0.25) is 0 Å². The fourth-order valence-corrected chi connectivity index (χ4v) is 6.54. The number of carbonyl (C=O) groups is 3. The molecule has 2 aliphatic rings. The van der Waals surface area contributed by atoms with Crippen molar-refractivity contribution in [2.75, 3.05) is 0 Å². The third-order valence-corrected chi connectivity index (χ3v) is 9.21. The molecule has 0 aliphatic heterocycles. The second-order valence-corrected chi connectivity index (χ2v) is 15.9. The van der Waals surface area contributed by atoms with Crippen LogP contribution in [0.1, 0.15) is 80.4 Å². The lowest BCUT2D eigenvalue weighted by molar-refractivity contribution is -0.117. The molecule has 306 valence electrons. The first-order valence-electron chi connectivity index (χ1n) is 19.5. The van der Waals surface area contributed by atoms with Crippen LogP contribution in [0.15, 0.2) is 172 Å². The highest BCUT2D eigenvalue weighted by molar-refractivity contribution is 6.06. The second-order valence-electron chi connectivity index (χ2n) is 15.9. The molecule has 0 atom stereocenters. The summed E-state index contributed by atoms with van der Waals surface area (Å²) in [5.74, 6) is 0.354. The minimum atomic E-state index is -0.0419. The normalized spacial score (nSPS) is 15.3. The van der Waals surface area contributed by atoms with Crippen molar-refractivity contribution in [2.24, 2.45) is 26.2 Å². The summed E-state index contributed by atoms with van der Waals surface area (Å²) in [6, 6.07) is 30.7. The molecule has 6 rings (SSSR count). The molecule has 12 nitrogen and oxygen atoms in total. The van der Waals surface area contributed by atoms with E-state index < -0.39 is 0 Å². The molecular weight excluding hydrogens is 763 g/mol. The number of ketones is 3. The van der Waals surface area contributed by atoms with Gasteiger partial charge < -0.3 is 0 Å². The Bertz CT molecular complexity index is 2510. The third kappa shape index (κ3) is 16.9. The van der Waals surface area contributed by atoms with Gasteiger partial charge in [0.05, 0.1) is 0 Å². The van der Waals surface area contributed by atoms with Crippen LogP contribution in [0.25, 0.3) is 49.6 Å². The second kappa shape index (κ2) is 23.0. The highest BCUT2D eigenvalue weighted by atomic mass is 16.1. The predicted molar refractivity (Wildman–Crippen MR) is 245 cm³/mol. The number of benzene rings is 4. The van der Waals surface area contributed by atoms with E-state index in [-0.39, 0.29) is 28.2 Å². The number of allylic oxidation sites excluding steroid dienone is 9. The maximum Gasteiger partial charge on any atom is 0.185 e. The smallest absolute Gasteiger partial charge is 0.185 e. The lowest BCUT2D eigenvalue weighted by Crippen LogP contribution is -2.21. The molecule has 0 bridgehead atoms. The van der Waals surface area contributed by atoms with Gasteiger partial charge in [-0.15, -0.1) is 0 Å². The van der Waals surface area contributed by atoms with Crippen molar-refractivity contribution in [3.05, 3.63) is 210 Å². The van der Waals surface area contributed by atoms with E-state index in [9.17, 15) is 14.4 Å². The maximum absolute atomic E-state index is 11.8. The van der Waals surface area contributed by atoms with Crippen molar-refractivity contribution in [1.82, 2.24) is 0 Å². The minimum absolute atomic E-state index is 0.0386. The number of rotatable bonds is 11. The number of hydrogen-bond donors (Lipinski definition) is 0. The van der Waals surface area contributed by atoms with Gasteiger partial charge in [0, 0.05) is 50.2 Å². The third-order valence-electron chi connectivity index (χ3n) is 9.21. The quantitative estimate of drug-likeness (QED) is 0.0363. The van der Waals surface area contributed by atoms with Crippen LogP contribution >= 0.6 is 0 Å². The summed E-state index contributed by atoms with van der Waals surface area (Å²) in [4.78, 5) is 43.3. The van der Waals surface area contributed by atoms with Crippen LogP contribution < -0.4 is 0 Å². The molecule has 0 saturated carbocycles. The van der Waals surface area contributed by atoms with Crippen molar-refractivity contribution in [1.29, 1.82) is 0 Å². The molecule has 0 fully saturated rings. The van der Waals surface area contributed by atoms with Gasteiger partial charge in [-0.05, 0) is 86.3 Å². The summed E-state index contributed by atoms with van der Waals surface area (Å²) < 4.78 is 0. The molecule has 0 N–H and O–H groups in total. The first-order chi connectivity index (χ1) is 29.3. The largest absolute Gasteiger partial charge is 0.295 e. The Balaban J connectivity index is 0.000000202. The Morgan fingerprint density at radius 2 is 0.902 bits per heavy atom. The number of nitrogens with zero attached hydrogens (tertiary/aromatic N) is 9. The number of azide groups is 3. The van der Waals surface area contributed by atoms with Crippen LogP contribution in [0.4, 0.5) is 17.1 Å². The molecule has 61 heavy (non-hydrogen) atoms. The summed E-state index contributed by atoms with van der Waals surface area (Å²) in [6.45, 7) is 8.46. The highest BCUT2D eigenvalue weighted by Crippen LogP contribution is 2.35. The Hall–Kier alpha value is -7.74. The Morgan fingerprint density at radius 1 is 0.508 bits per heavy atom. The molecule has 0 aromatic heterocycles. The number of carbonyl (C=O) groups excluding carboxylic acids is 3. The van der Waals surface area contributed by atoms with Gasteiger partial charge in [0.1, 0.15) is 0 Å². The monoisotopic (exact) mass is 809 g/mol. The van der Waals surface area contributed by atoms with Gasteiger partial charge in [-0.3, -0.25) is 14.4 Å². The fourth-order valence-electron chi connectivity index (χ4n) is 6.54. The van der Waals surface area contributed by atoms with Crippen LogP contribution in [0.3, 0.4) is 0 Å². The van der Waals surface area contributed by atoms with E-state index in [4.69, 9.17) is 16.6 Å². The molecule has 12 heteroatoms. The van der Waals surface area contributed by atoms with Crippen LogP contribution in [0, 0.1) is 10.8 Å². The highest BCUT2D eigenvalue weighted by Gasteiger charge is 2.27. The average molecular weight is 810 g/mol. The van der Waals surface area contributed by atoms with E-state index in [0.29, 0.717) is 35.5 Å². The van der Waals surface area contributed by atoms with Crippen LogP contribution in [-0.2, 0) is 9.59 Å². The first-order valence-corrected chi connectivity index (χ1v) is 19.5. The van der Waals surface area contributed by atoms with Crippen molar-refractivity contribution < 1.29 is 14.4 Å². The van der Waals surface area contributed by atoms with Gasteiger partial charge in [0.25, 0.3) is 0 Å². The van der Waals surface area contributed by atoms with E-state index >= 15 is 0 Å². The summed E-state index contributed by atoms with van der Waals surface area (Å²) in [5, 5.41) is 10.5. The SMILES string of the molecule is CC1(C)CC(=O)C=C(/C=C/C=C/c2ccc(N=[N+]=[N-])cc2)C1.CC1(C)CC(=O)C=C(/C=C/c2ccc(N=[N+]=[N-])cc2)C1.[N-]=[N+]=Nc1ccc(/C=C/C(=O)c2ccccc2)cc1. The first kappa shape index (κ1) is 46.0. The Labute approximate surface area is 355 Å². The molecule has 0 spiro atoms. The molecule has 2 aliphatic carbocycles. The van der Waals surface area contributed by atoms with E-state index in [2.05, 4.69) is 57.8 Å². The molecule has 4 aromatic carbocycles. The minimum Gasteiger partial charge on any atom is -0.295 e. The van der Waals surface area contributed by atoms with Gasteiger partial charge in [-0.1, -0.05) is 189 Å². The van der Waals surface area contributed by atoms with Crippen molar-refractivity contribution in [3.63, 3.8) is 0 Å². The zero-order valence-electron chi connectivity index (χ0n) is 34.7. The molecule has 0 unspecified atom stereocenters. The Kier molecular flexibility index (Phi) is 17.3. The van der Waals surface area contributed by atoms with Crippen molar-refractivity contribution in [3.8, 4) is 0 Å². The zero-order valence-corrected chi connectivity index (χ0v) is 34.7. The maximum atomic E-state index is 11.8. The Morgan fingerprint density at radius 3 is 1.33 bits per heavy atom. The van der Waals surface area contributed by atoms with E-state index in [0.717, 1.165) is 40.7 Å². The molecule has 4 aromatic rings. The summed E-state index contributed by atoms with van der Waals surface area (Å²) in [7, 11) is 0. The topological polar surface area (TPSA) is 197 Å². The van der Waals surface area contributed by atoms with Gasteiger partial charge in [-0.25, -0.2) is 0 Å². The van der Waals surface area contributed by atoms with Gasteiger partial charge in [0.15, 0.2) is 17.3 Å². The van der Waals surface area contributed by atoms with Crippen LogP contribution in [0.2, 0.25) is 0 Å². The molecule has 0 heterocycles. The predicted octanol–water partition coefficient (Wildman–Crippen LogP) is 15.0. The summed E-state index contributed by atoms with van der Waals surface area (Å²) in [5.41, 5.74) is 32.5. The van der Waals surface area contributed by atoms with Crippen LogP contribution in [-0.4, -0.2) is 17.3 Å². The molecule has 0 amide bonds. The van der Waals surface area contributed by atoms with E-state index in [1.54, 1.807) is 78.9 Å². The summed E-state index contributed by atoms with van der Waals surface area (Å²) in [6.07, 6.45) is 21.6. The average Bonchev–Trinajstić information content (AvgIpc) is 3.22. The van der Waals surface area contributed by atoms with E-state index in [1.807, 2.05) is 78.9 Å². The zero-order chi connectivity index (χ0) is 44.1. The number of hydrogen-bond acceptors (Lipinski definition) is 6. The standard InChI is InChI=1S/C18H19N3O.C16H17N3O.C15H11N3O/c1-18(2)12-15(11-17(22)13-18)6-4-3-5-14-7-9-16(10-8-14)20-21-19;1-16(2)10-13(9-15(20)11-16)4-3-12-5-7-14(8-6-12)18-19-17;16-18-17-14-9-6-12(7-10-14)8-11-15(19)13-4-2-1-3-5-13/h3-11H,12-13H2,1-2H3;3-9H,10-11H2,1-2H3;1-11H/b5-3+,6-4+;4-3+;11-8+. The van der Waals surface area contributed by atoms with Crippen LogP contribution in [0.5, 0.6) is 0 Å². The molecule has 0 saturated heterocycles. The summed E-state index contributed by atoms with van der Waals surface area (Å²) >= 11 is 0. The molecule has 0 radical (unpaired) electrons. The molecular formula is C49H47N9O3. The fraction of sp³-hybridized carbons (Fsp3) is 0.204. The lowest BCUT2D eigenvalue weighted by atomic mass is 9.77. The van der Waals surface area contributed by atoms with Crippen molar-refractivity contribution in [2.45, 2.75) is 53.4 Å². The van der Waals surface area contributed by atoms with Crippen molar-refractivity contribution >= 4 is 52.6 Å². The van der Waals surface area contributed by atoms with Gasteiger partial charge in [-0.2, -0.15) is 0 Å². The lowest BCUT2D eigenvalue weighted by Gasteiger charge is -2.27. The van der Waals surface area contributed by atoms with E-state index in [1.165, 1.54) is 6.08 Å².